The number of hydrogen-bond acceptors (Lipinski definition) is 7. The Kier molecular flexibility index (Phi) is 11.3. The number of nitrogens with one attached hydrogen (secondary N) is 2. The lowest BCUT2D eigenvalue weighted by Crippen LogP contribution is -2.34. The van der Waals surface area contributed by atoms with E-state index in [0.717, 1.165) is 42.3 Å². The molecule has 5 rings (SSSR count). The third kappa shape index (κ3) is 7.48. The van der Waals surface area contributed by atoms with Crippen LogP contribution in [0, 0.1) is 0 Å². The summed E-state index contributed by atoms with van der Waals surface area (Å²) in [6, 6.07) is 20.5. The Morgan fingerprint density at radius 2 is 1.49 bits per heavy atom. The van der Waals surface area contributed by atoms with Crippen molar-refractivity contribution in [3.63, 3.8) is 0 Å². The first-order valence-corrected chi connectivity index (χ1v) is 12.1. The van der Waals surface area contributed by atoms with Crippen LogP contribution in [-0.4, -0.2) is 31.0 Å². The molecule has 2 unspecified atom stereocenters. The molecule has 3 aromatic carbocycles. The maximum Gasteiger partial charge on any atom is 0.265 e. The molecule has 2 heterocycles. The molecule has 8 nitrogen and oxygen atoms in total. The zero-order valence-corrected chi connectivity index (χ0v) is 24.4. The van der Waals surface area contributed by atoms with Crippen molar-refractivity contribution < 1.29 is 14.3 Å². The number of halogens is 3. The average molecular weight is 595 g/mol. The molecule has 11 heteroatoms. The maximum atomic E-state index is 11.9. The van der Waals surface area contributed by atoms with Gasteiger partial charge in [0.2, 0.25) is 0 Å². The van der Waals surface area contributed by atoms with Crippen LogP contribution in [0.5, 0.6) is 11.5 Å². The number of nitrogens with zero attached hydrogens (tertiary/aromatic N) is 2. The van der Waals surface area contributed by atoms with E-state index in [2.05, 4.69) is 44.8 Å². The summed E-state index contributed by atoms with van der Waals surface area (Å²) in [7, 11) is 2.03. The summed E-state index contributed by atoms with van der Waals surface area (Å²) in [4.78, 5) is 18.5. The summed E-state index contributed by atoms with van der Waals surface area (Å²) in [6.07, 6.45) is -0.664. The van der Waals surface area contributed by atoms with Gasteiger partial charge >= 0.3 is 0 Å². The number of amidine groups is 1. The number of fused-ring (bicyclic) bond motifs is 2. The Bertz CT molecular complexity index is 1320. The fraction of sp³-hybridized carbons (Fsp3) is 0.286. The second kappa shape index (κ2) is 13.8. The van der Waals surface area contributed by atoms with Crippen LogP contribution in [0.1, 0.15) is 30.5 Å². The molecule has 2 atom stereocenters. The van der Waals surface area contributed by atoms with Crippen molar-refractivity contribution in [1.82, 2.24) is 5.32 Å². The van der Waals surface area contributed by atoms with Gasteiger partial charge in [-0.3, -0.25) is 4.79 Å². The van der Waals surface area contributed by atoms with E-state index >= 15 is 0 Å². The smallest absolute Gasteiger partial charge is 0.265 e. The largest absolute Gasteiger partial charge is 0.481 e. The minimum atomic E-state index is -0.473. The quantitative estimate of drug-likeness (QED) is 0.340. The lowest BCUT2D eigenvalue weighted by molar-refractivity contribution is -0.122. The van der Waals surface area contributed by atoms with Crippen LogP contribution in [0.4, 0.5) is 17.1 Å². The van der Waals surface area contributed by atoms with Gasteiger partial charge in [-0.15, -0.1) is 37.2 Å². The van der Waals surface area contributed by atoms with Crippen LogP contribution >= 0.6 is 37.2 Å². The van der Waals surface area contributed by atoms with E-state index in [4.69, 9.17) is 15.2 Å². The molecule has 0 fully saturated rings. The van der Waals surface area contributed by atoms with Gasteiger partial charge in [-0.1, -0.05) is 30.3 Å². The van der Waals surface area contributed by atoms with E-state index in [1.54, 1.807) is 6.92 Å². The van der Waals surface area contributed by atoms with Gasteiger partial charge in [0.25, 0.3) is 5.91 Å². The Morgan fingerprint density at radius 1 is 0.872 bits per heavy atom. The predicted molar refractivity (Wildman–Crippen MR) is 164 cm³/mol. The molecule has 0 saturated heterocycles. The molecule has 0 bridgehead atoms. The number of hydrogen-bond donors (Lipinski definition) is 3. The van der Waals surface area contributed by atoms with Crippen LogP contribution in [0.25, 0.3) is 0 Å². The van der Waals surface area contributed by atoms with Gasteiger partial charge in [0.1, 0.15) is 23.0 Å². The van der Waals surface area contributed by atoms with Gasteiger partial charge in [0.15, 0.2) is 12.2 Å². The third-order valence-electron chi connectivity index (χ3n) is 6.43. The Morgan fingerprint density at radius 3 is 2.23 bits per heavy atom. The van der Waals surface area contributed by atoms with E-state index in [9.17, 15) is 4.79 Å². The van der Waals surface area contributed by atoms with Gasteiger partial charge in [0, 0.05) is 32.4 Å². The first kappa shape index (κ1) is 32.0. The molecule has 0 spiro atoms. The van der Waals surface area contributed by atoms with E-state index < -0.39 is 6.10 Å². The molecule has 2 aliphatic rings. The highest BCUT2D eigenvalue weighted by Gasteiger charge is 2.24. The SMILES string of the molecule is CC1Oc2ccc(N(C)Cc3ccc(CNCc4ccc5c(c4)N=C(N)C(C)O5)cc3)cc2NC1=O.Cl.Cl.Cl. The van der Waals surface area contributed by atoms with Crippen molar-refractivity contribution in [2.75, 3.05) is 17.3 Å². The molecule has 210 valence electrons. The summed E-state index contributed by atoms with van der Waals surface area (Å²) in [5.41, 5.74) is 12.0. The van der Waals surface area contributed by atoms with Gasteiger partial charge in [-0.05, 0) is 60.9 Å². The Hall–Kier alpha value is -3.17. The van der Waals surface area contributed by atoms with Crippen LogP contribution in [0.15, 0.2) is 65.7 Å². The first-order chi connectivity index (χ1) is 17.4. The lowest BCUT2D eigenvalue weighted by atomic mass is 10.1. The van der Waals surface area contributed by atoms with Gasteiger partial charge in [-0.2, -0.15) is 0 Å². The molecule has 0 saturated carbocycles. The molecule has 0 radical (unpaired) electrons. The summed E-state index contributed by atoms with van der Waals surface area (Å²) < 4.78 is 11.4. The molecule has 2 aliphatic heterocycles. The number of ether oxygens (including phenoxy) is 2. The normalized spacial score (nSPS) is 16.8. The number of benzene rings is 3. The summed E-state index contributed by atoms with van der Waals surface area (Å²) in [5.74, 6) is 1.84. The number of nitrogens with two attached hydrogens (primary N) is 1. The predicted octanol–water partition coefficient (Wildman–Crippen LogP) is 5.37. The summed E-state index contributed by atoms with van der Waals surface area (Å²) >= 11 is 0. The van der Waals surface area contributed by atoms with Crippen molar-refractivity contribution >= 4 is 66.0 Å². The fourth-order valence-electron chi connectivity index (χ4n) is 4.25. The monoisotopic (exact) mass is 593 g/mol. The number of anilines is 2. The highest BCUT2D eigenvalue weighted by atomic mass is 35.5. The van der Waals surface area contributed by atoms with Crippen LogP contribution in [0.3, 0.4) is 0 Å². The second-order valence-electron chi connectivity index (χ2n) is 9.30. The van der Waals surface area contributed by atoms with Crippen LogP contribution in [0.2, 0.25) is 0 Å². The average Bonchev–Trinajstić information content (AvgIpc) is 2.86. The van der Waals surface area contributed by atoms with Gasteiger partial charge in [-0.25, -0.2) is 4.99 Å². The zero-order valence-electron chi connectivity index (χ0n) is 22.0. The van der Waals surface area contributed by atoms with Crippen molar-refractivity contribution in [2.45, 2.75) is 45.7 Å². The van der Waals surface area contributed by atoms with Crippen molar-refractivity contribution in [2.24, 2.45) is 10.7 Å². The lowest BCUT2D eigenvalue weighted by Gasteiger charge is -2.26. The molecule has 3 aromatic rings. The Balaban J connectivity index is 0.00000178. The van der Waals surface area contributed by atoms with E-state index in [1.807, 2.05) is 50.4 Å². The minimum absolute atomic E-state index is 0. The number of aliphatic imine (C=N–C) groups is 1. The number of carbonyl (C=O) groups is 1. The Labute approximate surface area is 247 Å². The zero-order chi connectivity index (χ0) is 25.2. The van der Waals surface area contributed by atoms with Crippen molar-refractivity contribution in [3.8, 4) is 11.5 Å². The first-order valence-electron chi connectivity index (χ1n) is 12.1. The number of rotatable bonds is 7. The van der Waals surface area contributed by atoms with Gasteiger partial charge in [0.05, 0.1) is 5.69 Å². The number of amides is 1. The minimum Gasteiger partial charge on any atom is -0.481 e. The third-order valence-corrected chi connectivity index (χ3v) is 6.43. The van der Waals surface area contributed by atoms with E-state index in [0.29, 0.717) is 17.3 Å². The molecular formula is C28H34Cl3N5O3. The highest BCUT2D eigenvalue weighted by molar-refractivity contribution is 5.98. The summed E-state index contributed by atoms with van der Waals surface area (Å²) in [6.45, 7) is 5.87. The maximum absolute atomic E-state index is 11.9. The number of carbonyl (C=O) groups excluding carboxylic acids is 1. The molecule has 0 aromatic heterocycles. The molecule has 4 N–H and O–H groups in total. The fourth-order valence-corrected chi connectivity index (χ4v) is 4.25. The molecule has 0 aliphatic carbocycles. The molecular weight excluding hydrogens is 561 g/mol. The standard InChI is InChI=1S/C28H31N5O3.3ClH/c1-17-27(29)31-23-12-21(8-10-25(23)35-17)15-30-14-19-4-6-20(7-5-19)16-33(3)22-9-11-26-24(13-22)32-28(34)18(2)36-26;;;/h4-13,17-18,30H,14-16H2,1-3H3,(H2,29,31)(H,32,34);3*1H. The van der Waals surface area contributed by atoms with E-state index in [-0.39, 0.29) is 49.2 Å². The highest BCUT2D eigenvalue weighted by Crippen LogP contribution is 2.34. The summed E-state index contributed by atoms with van der Waals surface area (Å²) in [5, 5.41) is 6.40. The second-order valence-corrected chi connectivity index (χ2v) is 9.30. The van der Waals surface area contributed by atoms with E-state index in [1.165, 1.54) is 11.1 Å². The molecule has 1 amide bonds. The molecule has 39 heavy (non-hydrogen) atoms. The van der Waals surface area contributed by atoms with Crippen LogP contribution < -0.4 is 30.7 Å². The topological polar surface area (TPSA) is 101 Å². The van der Waals surface area contributed by atoms with Crippen LogP contribution in [-0.2, 0) is 24.4 Å². The van der Waals surface area contributed by atoms with Crippen molar-refractivity contribution in [3.05, 3.63) is 77.4 Å². The van der Waals surface area contributed by atoms with Gasteiger partial charge < -0.3 is 30.7 Å². The van der Waals surface area contributed by atoms with Crippen molar-refractivity contribution in [1.29, 1.82) is 0 Å².